The van der Waals surface area contributed by atoms with E-state index in [9.17, 15) is 14.4 Å². The van der Waals surface area contributed by atoms with Crippen LogP contribution >= 0.6 is 0 Å². The Morgan fingerprint density at radius 1 is 1.11 bits per heavy atom. The zero-order chi connectivity index (χ0) is 20.3. The van der Waals surface area contributed by atoms with Gasteiger partial charge in [0.25, 0.3) is 0 Å². The molecular formula is C19H29N3O5. The highest BCUT2D eigenvalue weighted by molar-refractivity contribution is 5.89. The number of hydrogen-bond acceptors (Lipinski definition) is 5. The summed E-state index contributed by atoms with van der Waals surface area (Å²) in [6, 6.07) is 8.35. The lowest BCUT2D eigenvalue weighted by Crippen LogP contribution is -2.51. The molecular weight excluding hydrogens is 350 g/mol. The highest BCUT2D eigenvalue weighted by atomic mass is 16.6. The summed E-state index contributed by atoms with van der Waals surface area (Å²) in [5.74, 6) is -0.852. The van der Waals surface area contributed by atoms with Crippen LogP contribution in [0, 0.1) is 0 Å². The Kier molecular flexibility index (Phi) is 9.29. The topological polar surface area (TPSA) is 117 Å². The van der Waals surface area contributed by atoms with Gasteiger partial charge in [-0.3, -0.25) is 9.59 Å². The fourth-order valence-corrected chi connectivity index (χ4v) is 2.17. The average molecular weight is 379 g/mol. The molecule has 1 atom stereocenters. The largest absolute Gasteiger partial charge is 0.444 e. The van der Waals surface area contributed by atoms with E-state index < -0.39 is 23.6 Å². The molecule has 1 aromatic carbocycles. The molecule has 0 aliphatic heterocycles. The minimum atomic E-state index is -0.882. The van der Waals surface area contributed by atoms with Crippen molar-refractivity contribution < 1.29 is 24.2 Å². The number of amides is 3. The molecule has 0 saturated heterocycles. The summed E-state index contributed by atoms with van der Waals surface area (Å²) in [4.78, 5) is 36.2. The zero-order valence-electron chi connectivity index (χ0n) is 16.1. The van der Waals surface area contributed by atoms with Crippen LogP contribution in [0.25, 0.3) is 0 Å². The van der Waals surface area contributed by atoms with Gasteiger partial charge in [-0.2, -0.15) is 0 Å². The third-order valence-corrected chi connectivity index (χ3v) is 3.37. The summed E-state index contributed by atoms with van der Waals surface area (Å²) in [6.45, 7) is 5.28. The number of alkyl carbamates (subject to hydrolysis) is 1. The summed E-state index contributed by atoms with van der Waals surface area (Å²) in [5.41, 5.74) is 0.172. The van der Waals surface area contributed by atoms with E-state index in [1.54, 1.807) is 20.8 Å². The van der Waals surface area contributed by atoms with Crippen LogP contribution in [-0.2, 0) is 20.7 Å². The van der Waals surface area contributed by atoms with Gasteiger partial charge in [0.15, 0.2) is 0 Å². The third kappa shape index (κ3) is 10.2. The lowest BCUT2D eigenvalue weighted by atomic mass is 10.1. The Morgan fingerprint density at radius 3 is 2.37 bits per heavy atom. The summed E-state index contributed by atoms with van der Waals surface area (Å²) in [5, 5.41) is 16.3. The van der Waals surface area contributed by atoms with Crippen molar-refractivity contribution in [2.24, 2.45) is 0 Å². The van der Waals surface area contributed by atoms with E-state index >= 15 is 0 Å². The van der Waals surface area contributed by atoms with Crippen LogP contribution in [0.15, 0.2) is 30.3 Å². The second-order valence-electron chi connectivity index (χ2n) is 7.03. The van der Waals surface area contributed by atoms with E-state index in [0.717, 1.165) is 5.56 Å². The monoisotopic (exact) mass is 379 g/mol. The molecule has 0 aliphatic carbocycles. The van der Waals surface area contributed by atoms with E-state index in [0.29, 0.717) is 13.0 Å². The van der Waals surface area contributed by atoms with Crippen LogP contribution in [0.3, 0.4) is 0 Å². The second kappa shape index (κ2) is 11.2. The summed E-state index contributed by atoms with van der Waals surface area (Å²) >= 11 is 0. The predicted molar refractivity (Wildman–Crippen MR) is 101 cm³/mol. The van der Waals surface area contributed by atoms with Crippen LogP contribution in [0.4, 0.5) is 4.79 Å². The van der Waals surface area contributed by atoms with Crippen molar-refractivity contribution in [1.29, 1.82) is 0 Å². The summed E-state index contributed by atoms with van der Waals surface area (Å²) in [7, 11) is 0. The number of nitrogens with one attached hydrogen (secondary N) is 3. The molecule has 8 nitrogen and oxygen atoms in total. The average Bonchev–Trinajstić information content (AvgIpc) is 2.58. The molecule has 4 N–H and O–H groups in total. The van der Waals surface area contributed by atoms with Crippen molar-refractivity contribution in [3.63, 3.8) is 0 Å². The normalized spacial score (nSPS) is 12.0. The standard InChI is InChI=1S/C19H29N3O5/c1-19(2,3)27-18(26)22-15(12-14-8-5-4-6-9-14)17(25)21-13-16(24)20-10-7-11-23/h4-6,8-9,15,23H,7,10-13H2,1-3H3,(H,20,24)(H,21,25)(H,22,26). The fraction of sp³-hybridized carbons (Fsp3) is 0.526. The van der Waals surface area contributed by atoms with Gasteiger partial charge in [-0.15, -0.1) is 0 Å². The van der Waals surface area contributed by atoms with Crippen molar-refractivity contribution in [2.75, 3.05) is 19.7 Å². The van der Waals surface area contributed by atoms with Crippen LogP contribution in [0.1, 0.15) is 32.8 Å². The summed E-state index contributed by atoms with van der Waals surface area (Å²) in [6.07, 6.45) is 0.000144. The first-order valence-electron chi connectivity index (χ1n) is 8.90. The van der Waals surface area contributed by atoms with Gasteiger partial charge in [0.05, 0.1) is 6.54 Å². The van der Waals surface area contributed by atoms with Crippen molar-refractivity contribution in [2.45, 2.75) is 45.3 Å². The SMILES string of the molecule is CC(C)(C)OC(=O)NC(Cc1ccccc1)C(=O)NCC(=O)NCCCO. The molecule has 0 saturated carbocycles. The fourth-order valence-electron chi connectivity index (χ4n) is 2.17. The van der Waals surface area contributed by atoms with Crippen LogP contribution in [0.5, 0.6) is 0 Å². The van der Waals surface area contributed by atoms with E-state index in [-0.39, 0.29) is 25.5 Å². The Balaban J connectivity index is 2.67. The van der Waals surface area contributed by atoms with Crippen molar-refractivity contribution >= 4 is 17.9 Å². The smallest absolute Gasteiger partial charge is 0.408 e. The molecule has 3 amide bonds. The Bertz CT molecular complexity index is 614. The molecule has 1 unspecified atom stereocenters. The maximum Gasteiger partial charge on any atom is 0.408 e. The van der Waals surface area contributed by atoms with E-state index in [4.69, 9.17) is 9.84 Å². The minimum absolute atomic E-state index is 0.0222. The van der Waals surface area contributed by atoms with Crippen LogP contribution in [-0.4, -0.2) is 54.4 Å². The van der Waals surface area contributed by atoms with Gasteiger partial charge in [0, 0.05) is 19.6 Å². The molecule has 1 rings (SSSR count). The van der Waals surface area contributed by atoms with Crippen LogP contribution < -0.4 is 16.0 Å². The van der Waals surface area contributed by atoms with Gasteiger partial charge >= 0.3 is 6.09 Å². The number of rotatable bonds is 9. The molecule has 0 heterocycles. The van der Waals surface area contributed by atoms with Crippen molar-refractivity contribution in [1.82, 2.24) is 16.0 Å². The van der Waals surface area contributed by atoms with Gasteiger partial charge in [-0.05, 0) is 32.8 Å². The highest BCUT2D eigenvalue weighted by Gasteiger charge is 2.25. The zero-order valence-corrected chi connectivity index (χ0v) is 16.1. The maximum absolute atomic E-state index is 12.5. The van der Waals surface area contributed by atoms with Gasteiger partial charge in [-0.25, -0.2) is 4.79 Å². The van der Waals surface area contributed by atoms with Gasteiger partial charge < -0.3 is 25.8 Å². The molecule has 0 radical (unpaired) electrons. The van der Waals surface area contributed by atoms with Crippen LogP contribution in [0.2, 0.25) is 0 Å². The molecule has 0 aliphatic rings. The number of hydrogen-bond donors (Lipinski definition) is 4. The third-order valence-electron chi connectivity index (χ3n) is 3.37. The van der Waals surface area contributed by atoms with E-state index in [2.05, 4.69) is 16.0 Å². The Labute approximate surface area is 159 Å². The molecule has 0 aromatic heterocycles. The Hall–Kier alpha value is -2.61. The lowest BCUT2D eigenvalue weighted by molar-refractivity contribution is -0.127. The molecule has 8 heteroatoms. The molecule has 0 bridgehead atoms. The van der Waals surface area contributed by atoms with E-state index in [1.807, 2.05) is 30.3 Å². The summed E-state index contributed by atoms with van der Waals surface area (Å²) < 4.78 is 5.21. The number of carbonyl (C=O) groups excluding carboxylic acids is 3. The molecule has 1 aromatic rings. The number of carbonyl (C=O) groups is 3. The Morgan fingerprint density at radius 2 is 1.78 bits per heavy atom. The number of aliphatic hydroxyl groups excluding tert-OH is 1. The molecule has 150 valence electrons. The molecule has 0 spiro atoms. The van der Waals surface area contributed by atoms with Gasteiger partial charge in [0.2, 0.25) is 11.8 Å². The van der Waals surface area contributed by atoms with Gasteiger partial charge in [-0.1, -0.05) is 30.3 Å². The first-order valence-corrected chi connectivity index (χ1v) is 8.90. The quantitative estimate of drug-likeness (QED) is 0.472. The molecule has 0 fully saturated rings. The lowest BCUT2D eigenvalue weighted by Gasteiger charge is -2.23. The number of ether oxygens (including phenoxy) is 1. The van der Waals surface area contributed by atoms with Gasteiger partial charge in [0.1, 0.15) is 11.6 Å². The first kappa shape index (κ1) is 22.4. The highest BCUT2D eigenvalue weighted by Crippen LogP contribution is 2.08. The molecule has 27 heavy (non-hydrogen) atoms. The van der Waals surface area contributed by atoms with E-state index in [1.165, 1.54) is 0 Å². The van der Waals surface area contributed by atoms with Crippen molar-refractivity contribution in [3.05, 3.63) is 35.9 Å². The maximum atomic E-state index is 12.5. The second-order valence-corrected chi connectivity index (χ2v) is 7.03. The minimum Gasteiger partial charge on any atom is -0.444 e. The predicted octanol–water partition coefficient (Wildman–Crippen LogP) is 0.737. The van der Waals surface area contributed by atoms with Crippen molar-refractivity contribution in [3.8, 4) is 0 Å². The number of benzene rings is 1. The first-order chi connectivity index (χ1) is 12.7. The number of aliphatic hydroxyl groups is 1.